The average molecular weight is 300 g/mol. The van der Waals surface area contributed by atoms with E-state index in [0.717, 1.165) is 24.2 Å². The fourth-order valence-electron chi connectivity index (χ4n) is 2.24. The van der Waals surface area contributed by atoms with Gasteiger partial charge in [0.2, 0.25) is 0 Å². The lowest BCUT2D eigenvalue weighted by Crippen LogP contribution is -2.32. The van der Waals surface area contributed by atoms with Gasteiger partial charge in [0.15, 0.2) is 0 Å². The molecule has 2 rings (SSSR count). The van der Waals surface area contributed by atoms with E-state index < -0.39 is 12.2 Å². The van der Waals surface area contributed by atoms with Crippen molar-refractivity contribution in [2.75, 3.05) is 26.2 Å². The number of nitrogens with one attached hydrogen (secondary N) is 2. The lowest BCUT2D eigenvalue weighted by Gasteiger charge is -2.14. The van der Waals surface area contributed by atoms with Crippen LogP contribution in [0.15, 0.2) is 60.7 Å². The fraction of sp³-hybridized carbons (Fsp3) is 0.333. The summed E-state index contributed by atoms with van der Waals surface area (Å²) in [6.07, 6.45) is -0.979. The maximum Gasteiger partial charge on any atom is 0.0914 e. The highest BCUT2D eigenvalue weighted by molar-refractivity contribution is 5.18. The summed E-state index contributed by atoms with van der Waals surface area (Å²) in [7, 11) is 0. The molecule has 0 heterocycles. The first-order valence-corrected chi connectivity index (χ1v) is 7.65. The first-order valence-electron chi connectivity index (χ1n) is 7.65. The molecule has 2 aromatic rings. The van der Waals surface area contributed by atoms with E-state index in [-0.39, 0.29) is 0 Å². The van der Waals surface area contributed by atoms with Crippen molar-refractivity contribution in [3.8, 4) is 0 Å². The van der Waals surface area contributed by atoms with Crippen molar-refractivity contribution >= 4 is 0 Å². The zero-order valence-electron chi connectivity index (χ0n) is 12.7. The van der Waals surface area contributed by atoms with Crippen LogP contribution in [0.5, 0.6) is 0 Å². The van der Waals surface area contributed by atoms with E-state index in [0.29, 0.717) is 13.1 Å². The van der Waals surface area contributed by atoms with Crippen LogP contribution < -0.4 is 10.6 Å². The Morgan fingerprint density at radius 2 is 1.00 bits per heavy atom. The minimum absolute atomic E-state index is 0.490. The standard InChI is InChI=1S/C18H24N2O2/c21-17(15-7-3-1-4-8-15)13-19-11-12-20-14-18(22)16-9-5-2-6-10-16/h1-10,17-22H,11-14H2/t17-,18-/m0/s1. The van der Waals surface area contributed by atoms with Gasteiger partial charge in [-0.1, -0.05) is 60.7 Å². The minimum atomic E-state index is -0.490. The lowest BCUT2D eigenvalue weighted by molar-refractivity contribution is 0.170. The van der Waals surface area contributed by atoms with Gasteiger partial charge in [-0.3, -0.25) is 0 Å². The van der Waals surface area contributed by atoms with Gasteiger partial charge in [0, 0.05) is 26.2 Å². The second-order valence-electron chi connectivity index (χ2n) is 5.26. The molecule has 0 saturated heterocycles. The zero-order chi connectivity index (χ0) is 15.6. The summed E-state index contributed by atoms with van der Waals surface area (Å²) >= 11 is 0. The molecule has 0 aliphatic heterocycles. The van der Waals surface area contributed by atoms with Crippen LogP contribution in [0.4, 0.5) is 0 Å². The van der Waals surface area contributed by atoms with Crippen LogP contribution in [0, 0.1) is 0 Å². The Balaban J connectivity index is 1.56. The third-order valence-electron chi connectivity index (χ3n) is 3.52. The largest absolute Gasteiger partial charge is 0.387 e. The molecule has 0 spiro atoms. The molecule has 0 radical (unpaired) electrons. The van der Waals surface area contributed by atoms with E-state index in [2.05, 4.69) is 10.6 Å². The van der Waals surface area contributed by atoms with Crippen LogP contribution in [0.25, 0.3) is 0 Å². The summed E-state index contributed by atoms with van der Waals surface area (Å²) in [5.74, 6) is 0. The molecular weight excluding hydrogens is 276 g/mol. The summed E-state index contributed by atoms with van der Waals surface area (Å²) in [4.78, 5) is 0. The molecule has 0 bridgehead atoms. The SMILES string of the molecule is O[C@@H](CNCCNC[C@H](O)c1ccccc1)c1ccccc1. The van der Waals surface area contributed by atoms with Crippen molar-refractivity contribution in [2.24, 2.45) is 0 Å². The van der Waals surface area contributed by atoms with Crippen molar-refractivity contribution in [2.45, 2.75) is 12.2 Å². The molecule has 2 atom stereocenters. The molecule has 0 aliphatic carbocycles. The Hall–Kier alpha value is -1.72. The number of aliphatic hydroxyl groups is 2. The van der Waals surface area contributed by atoms with E-state index in [1.807, 2.05) is 60.7 Å². The van der Waals surface area contributed by atoms with Crippen molar-refractivity contribution in [3.63, 3.8) is 0 Å². The highest BCUT2D eigenvalue weighted by atomic mass is 16.3. The molecule has 0 aromatic heterocycles. The number of hydrogen-bond acceptors (Lipinski definition) is 4. The number of aliphatic hydroxyl groups excluding tert-OH is 2. The van der Waals surface area contributed by atoms with Crippen LogP contribution in [0.2, 0.25) is 0 Å². The summed E-state index contributed by atoms with van der Waals surface area (Å²) in [5, 5.41) is 26.4. The fourth-order valence-corrected chi connectivity index (χ4v) is 2.24. The second-order valence-corrected chi connectivity index (χ2v) is 5.26. The quantitative estimate of drug-likeness (QED) is 0.532. The van der Waals surface area contributed by atoms with Crippen LogP contribution >= 0.6 is 0 Å². The third kappa shape index (κ3) is 5.58. The van der Waals surface area contributed by atoms with Gasteiger partial charge in [-0.15, -0.1) is 0 Å². The molecular formula is C18H24N2O2. The van der Waals surface area contributed by atoms with Crippen LogP contribution in [-0.4, -0.2) is 36.4 Å². The number of benzene rings is 2. The van der Waals surface area contributed by atoms with E-state index in [1.165, 1.54) is 0 Å². The zero-order valence-corrected chi connectivity index (χ0v) is 12.7. The summed E-state index contributed by atoms with van der Waals surface area (Å²) < 4.78 is 0. The van der Waals surface area contributed by atoms with Gasteiger partial charge in [0.25, 0.3) is 0 Å². The topological polar surface area (TPSA) is 64.5 Å². The first kappa shape index (κ1) is 16.6. The second kappa shape index (κ2) is 9.33. The molecule has 0 unspecified atom stereocenters. The Bertz CT molecular complexity index is 470. The third-order valence-corrected chi connectivity index (χ3v) is 3.52. The van der Waals surface area contributed by atoms with Crippen molar-refractivity contribution in [1.82, 2.24) is 10.6 Å². The van der Waals surface area contributed by atoms with E-state index >= 15 is 0 Å². The molecule has 4 heteroatoms. The summed E-state index contributed by atoms with van der Waals surface area (Å²) in [6.45, 7) is 2.52. The molecule has 2 aromatic carbocycles. The smallest absolute Gasteiger partial charge is 0.0914 e. The highest BCUT2D eigenvalue weighted by Crippen LogP contribution is 2.11. The molecule has 0 fully saturated rings. The Morgan fingerprint density at radius 1 is 0.636 bits per heavy atom. The van der Waals surface area contributed by atoms with Gasteiger partial charge in [-0.05, 0) is 11.1 Å². The van der Waals surface area contributed by atoms with Gasteiger partial charge < -0.3 is 20.8 Å². The molecule has 118 valence electrons. The maximum absolute atomic E-state index is 9.99. The Labute approximate surface area is 131 Å². The molecule has 4 nitrogen and oxygen atoms in total. The molecule has 4 N–H and O–H groups in total. The van der Waals surface area contributed by atoms with Crippen molar-refractivity contribution in [3.05, 3.63) is 71.8 Å². The van der Waals surface area contributed by atoms with E-state index in [4.69, 9.17) is 0 Å². The van der Waals surface area contributed by atoms with Crippen molar-refractivity contribution in [1.29, 1.82) is 0 Å². The lowest BCUT2D eigenvalue weighted by atomic mass is 10.1. The Morgan fingerprint density at radius 3 is 1.36 bits per heavy atom. The monoisotopic (exact) mass is 300 g/mol. The first-order chi connectivity index (χ1) is 10.8. The van der Waals surface area contributed by atoms with Gasteiger partial charge in [0.1, 0.15) is 0 Å². The van der Waals surface area contributed by atoms with E-state index in [9.17, 15) is 10.2 Å². The maximum atomic E-state index is 9.99. The predicted molar refractivity (Wildman–Crippen MR) is 88.5 cm³/mol. The van der Waals surface area contributed by atoms with Crippen LogP contribution in [-0.2, 0) is 0 Å². The summed E-state index contributed by atoms with van der Waals surface area (Å²) in [6, 6.07) is 19.2. The highest BCUT2D eigenvalue weighted by Gasteiger charge is 2.07. The molecule has 0 aliphatic rings. The minimum Gasteiger partial charge on any atom is -0.387 e. The molecule has 0 saturated carbocycles. The molecule has 0 amide bonds. The number of rotatable bonds is 9. The van der Waals surface area contributed by atoms with Crippen LogP contribution in [0.3, 0.4) is 0 Å². The van der Waals surface area contributed by atoms with E-state index in [1.54, 1.807) is 0 Å². The normalized spacial score (nSPS) is 13.7. The van der Waals surface area contributed by atoms with Gasteiger partial charge in [0.05, 0.1) is 12.2 Å². The van der Waals surface area contributed by atoms with Gasteiger partial charge >= 0.3 is 0 Å². The predicted octanol–water partition coefficient (Wildman–Crippen LogP) is 1.63. The van der Waals surface area contributed by atoms with Crippen molar-refractivity contribution < 1.29 is 10.2 Å². The van der Waals surface area contributed by atoms with Crippen LogP contribution in [0.1, 0.15) is 23.3 Å². The molecule has 22 heavy (non-hydrogen) atoms. The number of hydrogen-bond donors (Lipinski definition) is 4. The van der Waals surface area contributed by atoms with Gasteiger partial charge in [-0.25, -0.2) is 0 Å². The van der Waals surface area contributed by atoms with Gasteiger partial charge in [-0.2, -0.15) is 0 Å². The average Bonchev–Trinajstić information content (AvgIpc) is 2.59. The Kier molecular flexibility index (Phi) is 7.06. The summed E-state index contributed by atoms with van der Waals surface area (Å²) in [5.41, 5.74) is 1.84.